The first-order chi connectivity index (χ1) is 12.8. The second kappa shape index (κ2) is 9.00. The minimum Gasteiger partial charge on any atom is -0.447 e. The summed E-state index contributed by atoms with van der Waals surface area (Å²) in [5, 5.41) is 7.63. The smallest absolute Gasteiger partial charge is 0.414 e. The van der Waals surface area contributed by atoms with Gasteiger partial charge in [0.25, 0.3) is 0 Å². The molecule has 3 N–H and O–H groups in total. The molecule has 2 aliphatic heterocycles. The van der Waals surface area contributed by atoms with Gasteiger partial charge >= 0.3 is 6.09 Å². The van der Waals surface area contributed by atoms with Gasteiger partial charge in [-0.25, -0.2) is 9.18 Å². The molecule has 3 rings (SSSR count). The number of carbonyl (C=O) groups is 3. The summed E-state index contributed by atoms with van der Waals surface area (Å²) >= 11 is 2.52. The highest BCUT2D eigenvalue weighted by Crippen LogP contribution is 2.40. The number of thioether (sulfide) groups is 2. The van der Waals surface area contributed by atoms with Crippen LogP contribution in [-0.2, 0) is 14.3 Å². The van der Waals surface area contributed by atoms with Gasteiger partial charge in [0.15, 0.2) is 0 Å². The number of alkyl halides is 1. The van der Waals surface area contributed by atoms with Crippen molar-refractivity contribution in [3.8, 4) is 0 Å². The molecule has 0 aromatic carbocycles. The molecule has 0 aromatic heterocycles. The molecule has 10 heteroatoms. The molecule has 27 heavy (non-hydrogen) atoms. The predicted molar refractivity (Wildman–Crippen MR) is 103 cm³/mol. The van der Waals surface area contributed by atoms with Crippen molar-refractivity contribution in [1.29, 1.82) is 0 Å². The largest absolute Gasteiger partial charge is 0.447 e. The van der Waals surface area contributed by atoms with Crippen molar-refractivity contribution in [2.45, 2.75) is 79.6 Å². The number of hydrogen-bond acceptors (Lipinski definition) is 7. The molecule has 3 fully saturated rings. The summed E-state index contributed by atoms with van der Waals surface area (Å²) in [6.07, 6.45) is 3.24. The van der Waals surface area contributed by atoms with Crippen LogP contribution in [0.1, 0.15) is 46.0 Å². The Morgan fingerprint density at radius 3 is 2.59 bits per heavy atom. The molecule has 3 amide bonds. The van der Waals surface area contributed by atoms with Crippen LogP contribution in [0.15, 0.2) is 0 Å². The summed E-state index contributed by atoms with van der Waals surface area (Å²) < 4.78 is 18.8. The summed E-state index contributed by atoms with van der Waals surface area (Å²) in [4.78, 5) is 36.6. The van der Waals surface area contributed by atoms with Crippen molar-refractivity contribution in [3.05, 3.63) is 0 Å². The molecule has 2 heterocycles. The lowest BCUT2D eigenvalue weighted by atomic mass is 9.95. The van der Waals surface area contributed by atoms with Crippen LogP contribution in [-0.4, -0.2) is 51.6 Å². The molecule has 0 aromatic rings. The zero-order valence-electron chi connectivity index (χ0n) is 15.4. The average molecular weight is 420 g/mol. The molecular formula is C17H26FN3O4S2. The highest BCUT2D eigenvalue weighted by Gasteiger charge is 2.44. The third-order valence-electron chi connectivity index (χ3n) is 4.91. The number of halogens is 1. The molecule has 6 atom stereocenters. The van der Waals surface area contributed by atoms with Crippen molar-refractivity contribution in [3.63, 3.8) is 0 Å². The first kappa shape index (κ1) is 20.7. The van der Waals surface area contributed by atoms with Gasteiger partial charge in [-0.15, -0.1) is 11.8 Å². The highest BCUT2D eigenvalue weighted by molar-refractivity contribution is 8.01. The minimum atomic E-state index is -1.26. The van der Waals surface area contributed by atoms with Crippen molar-refractivity contribution in [2.24, 2.45) is 5.92 Å². The topological polar surface area (TPSA) is 96.5 Å². The Hall–Kier alpha value is -1.00. The Kier molecular flexibility index (Phi) is 6.91. The Morgan fingerprint density at radius 1 is 1.15 bits per heavy atom. The maximum atomic E-state index is 13.9. The zero-order chi connectivity index (χ0) is 19.6. The number of ether oxygens (including phenoxy) is 1. The van der Waals surface area contributed by atoms with Crippen molar-refractivity contribution in [2.75, 3.05) is 0 Å². The van der Waals surface area contributed by atoms with E-state index in [-0.39, 0.29) is 23.8 Å². The molecule has 0 bridgehead atoms. The fraction of sp³-hybridized carbons (Fsp3) is 0.824. The summed E-state index contributed by atoms with van der Waals surface area (Å²) in [5.74, 6) is -1.68. The fourth-order valence-electron chi connectivity index (χ4n) is 3.66. The standard InChI is InChI=1S/C17H26FN3O4S2/c1-8(2)25-17(24)21-13(22)9-7-12(18)27-15(9)20-14(23)16-19-10-5-3-4-6-11(10)26-16/h8-12,15-16,19H,3-7H2,1-2H3,(H,20,23)(H,21,22,24). The van der Waals surface area contributed by atoms with Gasteiger partial charge in [0.2, 0.25) is 11.8 Å². The first-order valence-electron chi connectivity index (χ1n) is 9.36. The molecule has 1 saturated carbocycles. The third-order valence-corrected chi connectivity index (χ3v) is 7.67. The monoisotopic (exact) mass is 419 g/mol. The van der Waals surface area contributed by atoms with Crippen molar-refractivity contribution >= 4 is 41.4 Å². The molecule has 152 valence electrons. The van der Waals surface area contributed by atoms with Gasteiger partial charge in [-0.05, 0) is 26.7 Å². The second-order valence-electron chi connectivity index (χ2n) is 7.37. The maximum Gasteiger partial charge on any atom is 0.414 e. The number of carbonyl (C=O) groups excluding carboxylic acids is 3. The lowest BCUT2D eigenvalue weighted by Gasteiger charge is -2.23. The van der Waals surface area contributed by atoms with Crippen LogP contribution in [0.5, 0.6) is 0 Å². The zero-order valence-corrected chi connectivity index (χ0v) is 17.0. The number of imide groups is 1. The number of alkyl carbamates (subject to hydrolysis) is 1. The van der Waals surface area contributed by atoms with E-state index in [0.29, 0.717) is 11.3 Å². The van der Waals surface area contributed by atoms with Gasteiger partial charge in [0.1, 0.15) is 10.9 Å². The fourth-order valence-corrected chi connectivity index (χ4v) is 6.41. The Morgan fingerprint density at radius 2 is 1.89 bits per heavy atom. The van der Waals surface area contributed by atoms with Gasteiger partial charge < -0.3 is 10.1 Å². The van der Waals surface area contributed by atoms with Crippen LogP contribution < -0.4 is 16.0 Å². The summed E-state index contributed by atoms with van der Waals surface area (Å²) in [5.41, 5.74) is -1.26. The lowest BCUT2D eigenvalue weighted by molar-refractivity contribution is -0.125. The lowest BCUT2D eigenvalue weighted by Crippen LogP contribution is -2.49. The van der Waals surface area contributed by atoms with Crippen LogP contribution in [0.25, 0.3) is 0 Å². The van der Waals surface area contributed by atoms with Crippen LogP contribution in [0.3, 0.4) is 0 Å². The molecule has 2 saturated heterocycles. The van der Waals surface area contributed by atoms with Crippen LogP contribution in [0.2, 0.25) is 0 Å². The van der Waals surface area contributed by atoms with E-state index in [4.69, 9.17) is 4.74 Å². The SMILES string of the molecule is CC(C)OC(=O)NC(=O)C1CC(F)SC1NC(=O)C1NC2CCCCC2S1. The Labute approximate surface area is 166 Å². The molecule has 7 nitrogen and oxygen atoms in total. The van der Waals surface area contributed by atoms with E-state index < -0.39 is 28.8 Å². The predicted octanol–water partition coefficient (Wildman–Crippen LogP) is 2.11. The number of fused-ring (bicyclic) bond motifs is 1. The van der Waals surface area contributed by atoms with Crippen LogP contribution >= 0.6 is 23.5 Å². The molecule has 6 unspecified atom stereocenters. The van der Waals surface area contributed by atoms with Gasteiger partial charge in [-0.2, -0.15) is 0 Å². The summed E-state index contributed by atoms with van der Waals surface area (Å²) in [6.45, 7) is 3.33. The van der Waals surface area contributed by atoms with E-state index in [1.54, 1.807) is 25.6 Å². The highest BCUT2D eigenvalue weighted by atomic mass is 32.2. The van der Waals surface area contributed by atoms with Crippen molar-refractivity contribution < 1.29 is 23.5 Å². The number of nitrogens with one attached hydrogen (secondary N) is 3. The minimum absolute atomic E-state index is 0.0487. The molecule has 0 radical (unpaired) electrons. The summed E-state index contributed by atoms with van der Waals surface area (Å²) in [6, 6.07) is 0.342. The van der Waals surface area contributed by atoms with Crippen molar-refractivity contribution in [1.82, 2.24) is 16.0 Å². The quantitative estimate of drug-likeness (QED) is 0.642. The van der Waals surface area contributed by atoms with Crippen LogP contribution in [0.4, 0.5) is 9.18 Å². The van der Waals surface area contributed by atoms with E-state index in [9.17, 15) is 18.8 Å². The normalized spacial score (nSPS) is 35.6. The van der Waals surface area contributed by atoms with E-state index in [2.05, 4.69) is 16.0 Å². The van der Waals surface area contributed by atoms with E-state index in [0.717, 1.165) is 24.6 Å². The summed E-state index contributed by atoms with van der Waals surface area (Å²) in [7, 11) is 0. The number of amides is 3. The van der Waals surface area contributed by atoms with E-state index in [1.807, 2.05) is 0 Å². The molecule has 3 aliphatic rings. The maximum absolute atomic E-state index is 13.9. The van der Waals surface area contributed by atoms with Crippen LogP contribution in [0, 0.1) is 5.92 Å². The Bertz CT molecular complexity index is 581. The number of rotatable bonds is 4. The second-order valence-corrected chi connectivity index (χ2v) is 10.0. The van der Waals surface area contributed by atoms with Gasteiger partial charge in [-0.1, -0.05) is 24.6 Å². The van der Waals surface area contributed by atoms with Gasteiger partial charge in [-0.3, -0.25) is 20.2 Å². The van der Waals surface area contributed by atoms with E-state index in [1.165, 1.54) is 12.8 Å². The molecular weight excluding hydrogens is 393 g/mol. The van der Waals surface area contributed by atoms with E-state index >= 15 is 0 Å². The molecule has 0 spiro atoms. The average Bonchev–Trinajstić information content (AvgIpc) is 3.17. The van der Waals surface area contributed by atoms with Gasteiger partial charge in [0.05, 0.1) is 17.4 Å². The third kappa shape index (κ3) is 5.29. The molecule has 1 aliphatic carbocycles. The first-order valence-corrected chi connectivity index (χ1v) is 11.2. The number of hydrogen-bond donors (Lipinski definition) is 3. The van der Waals surface area contributed by atoms with Gasteiger partial charge in [0, 0.05) is 17.7 Å². The Balaban J connectivity index is 1.55.